The van der Waals surface area contributed by atoms with Crippen molar-refractivity contribution in [2.24, 2.45) is 5.92 Å². The molecule has 0 unspecified atom stereocenters. The molecule has 7 heteroatoms. The predicted molar refractivity (Wildman–Crippen MR) is 127 cm³/mol. The van der Waals surface area contributed by atoms with E-state index in [0.29, 0.717) is 37.2 Å². The molecule has 0 aliphatic heterocycles. The predicted octanol–water partition coefficient (Wildman–Crippen LogP) is 4.20. The zero-order chi connectivity index (χ0) is 23.2. The van der Waals surface area contributed by atoms with Gasteiger partial charge in [0.2, 0.25) is 5.88 Å². The van der Waals surface area contributed by atoms with Gasteiger partial charge in [-0.3, -0.25) is 4.90 Å². The lowest BCUT2D eigenvalue weighted by Gasteiger charge is -2.25. The summed E-state index contributed by atoms with van der Waals surface area (Å²) in [6.07, 6.45) is 1.95. The fourth-order valence-corrected chi connectivity index (χ4v) is 3.96. The summed E-state index contributed by atoms with van der Waals surface area (Å²) < 4.78 is 18.7. The summed E-state index contributed by atoms with van der Waals surface area (Å²) >= 11 is 0. The zero-order valence-corrected chi connectivity index (χ0v) is 19.6. The summed E-state index contributed by atoms with van der Waals surface area (Å²) in [7, 11) is 3.26. The van der Waals surface area contributed by atoms with Crippen LogP contribution in [0.1, 0.15) is 24.1 Å². The lowest BCUT2D eigenvalue weighted by molar-refractivity contribution is 0.0345. The Kier molecular flexibility index (Phi) is 7.65. The third-order valence-electron chi connectivity index (χ3n) is 5.84. The molecule has 7 nitrogen and oxygen atoms in total. The van der Waals surface area contributed by atoms with Gasteiger partial charge in [-0.25, -0.2) is 4.68 Å². The van der Waals surface area contributed by atoms with Gasteiger partial charge < -0.3 is 19.3 Å². The quantitative estimate of drug-likeness (QED) is 0.445. The van der Waals surface area contributed by atoms with Gasteiger partial charge in [0.05, 0.1) is 36.8 Å². The second-order valence-electron chi connectivity index (χ2n) is 8.64. The number of hydrogen-bond acceptors (Lipinski definition) is 6. The Hall–Kier alpha value is -2.87. The second kappa shape index (κ2) is 10.8. The van der Waals surface area contributed by atoms with Gasteiger partial charge in [0.15, 0.2) is 0 Å². The SMILES string of the molecule is COC[C@@H](O)CN(Cc1c(C)nn(-c2ccccc2)c1Oc1ccc(OC)cc1)CC1CC1. The molecule has 1 aliphatic rings. The highest BCUT2D eigenvalue weighted by atomic mass is 16.5. The van der Waals surface area contributed by atoms with Crippen LogP contribution in [0.4, 0.5) is 0 Å². The Labute approximate surface area is 195 Å². The van der Waals surface area contributed by atoms with Gasteiger partial charge in [0.1, 0.15) is 11.5 Å². The number of aliphatic hydroxyl groups excluding tert-OH is 1. The number of aliphatic hydroxyl groups is 1. The van der Waals surface area contributed by atoms with Crippen molar-refractivity contribution in [1.82, 2.24) is 14.7 Å². The lowest BCUT2D eigenvalue weighted by atomic mass is 10.2. The van der Waals surface area contributed by atoms with Crippen molar-refractivity contribution < 1.29 is 19.3 Å². The summed E-state index contributed by atoms with van der Waals surface area (Å²) in [5, 5.41) is 15.2. The number of methoxy groups -OCH3 is 2. The summed E-state index contributed by atoms with van der Waals surface area (Å²) in [6.45, 7) is 4.46. The van der Waals surface area contributed by atoms with Crippen LogP contribution in [0.3, 0.4) is 0 Å². The number of aromatic nitrogens is 2. The highest BCUT2D eigenvalue weighted by Gasteiger charge is 2.28. The molecule has 1 atom stereocenters. The fourth-order valence-electron chi connectivity index (χ4n) is 3.96. The standard InChI is InChI=1S/C26H33N3O4/c1-19-25(17-28(15-20-9-10-20)16-22(30)18-31-2)26(29(27-19)21-7-5-4-6-8-21)33-24-13-11-23(32-3)12-14-24/h4-8,11-14,20,22,30H,9-10,15-18H2,1-3H3/t22-/m0/s1. The molecule has 176 valence electrons. The van der Waals surface area contributed by atoms with Gasteiger partial charge in [-0.2, -0.15) is 5.10 Å². The van der Waals surface area contributed by atoms with Crippen LogP contribution < -0.4 is 9.47 Å². The summed E-state index contributed by atoms with van der Waals surface area (Å²) in [5.41, 5.74) is 2.85. The van der Waals surface area contributed by atoms with E-state index in [-0.39, 0.29) is 0 Å². The Morgan fingerprint density at radius 1 is 1.06 bits per heavy atom. The molecule has 1 fully saturated rings. The zero-order valence-electron chi connectivity index (χ0n) is 19.6. The maximum absolute atomic E-state index is 10.4. The van der Waals surface area contributed by atoms with Crippen molar-refractivity contribution in [3.8, 4) is 23.1 Å². The topological polar surface area (TPSA) is 69.0 Å². The maximum Gasteiger partial charge on any atom is 0.227 e. The minimum absolute atomic E-state index is 0.318. The van der Waals surface area contributed by atoms with Crippen LogP contribution in [0.5, 0.6) is 17.4 Å². The number of nitrogens with zero attached hydrogens (tertiary/aromatic N) is 3. The van der Waals surface area contributed by atoms with Crippen LogP contribution in [0.25, 0.3) is 5.69 Å². The number of para-hydroxylation sites is 1. The number of rotatable bonds is 12. The molecule has 1 aromatic heterocycles. The van der Waals surface area contributed by atoms with E-state index >= 15 is 0 Å². The Bertz CT molecular complexity index is 1020. The van der Waals surface area contributed by atoms with Gasteiger partial charge in [0, 0.05) is 26.7 Å². The molecule has 0 bridgehead atoms. The molecular weight excluding hydrogens is 418 g/mol. The average molecular weight is 452 g/mol. The summed E-state index contributed by atoms with van der Waals surface area (Å²) in [5.74, 6) is 2.86. The smallest absolute Gasteiger partial charge is 0.227 e. The Morgan fingerprint density at radius 2 is 1.76 bits per heavy atom. The molecule has 33 heavy (non-hydrogen) atoms. The van der Waals surface area contributed by atoms with E-state index in [4.69, 9.17) is 19.3 Å². The minimum Gasteiger partial charge on any atom is -0.497 e. The van der Waals surface area contributed by atoms with Crippen molar-refractivity contribution in [2.75, 3.05) is 33.9 Å². The first kappa shape index (κ1) is 23.3. The van der Waals surface area contributed by atoms with E-state index in [1.807, 2.05) is 66.2 Å². The maximum atomic E-state index is 10.4. The van der Waals surface area contributed by atoms with Crippen molar-refractivity contribution in [1.29, 1.82) is 0 Å². The molecule has 1 N–H and O–H groups in total. The minimum atomic E-state index is -0.538. The molecule has 4 rings (SSSR count). The van der Waals surface area contributed by atoms with Crippen LogP contribution in [-0.2, 0) is 11.3 Å². The van der Waals surface area contributed by atoms with Gasteiger partial charge in [-0.15, -0.1) is 0 Å². The van der Waals surface area contributed by atoms with E-state index in [1.165, 1.54) is 12.8 Å². The summed E-state index contributed by atoms with van der Waals surface area (Å²) in [4.78, 5) is 2.29. The van der Waals surface area contributed by atoms with Crippen molar-refractivity contribution in [3.63, 3.8) is 0 Å². The highest BCUT2D eigenvalue weighted by Crippen LogP contribution is 2.34. The molecule has 2 aromatic carbocycles. The van der Waals surface area contributed by atoms with E-state index in [2.05, 4.69) is 4.90 Å². The molecule has 0 amide bonds. The molecule has 1 saturated carbocycles. The molecule has 0 saturated heterocycles. The molecule has 0 radical (unpaired) electrons. The van der Waals surface area contributed by atoms with Crippen LogP contribution in [0.15, 0.2) is 54.6 Å². The third kappa shape index (κ3) is 6.13. The van der Waals surface area contributed by atoms with Crippen molar-refractivity contribution in [3.05, 3.63) is 65.9 Å². The third-order valence-corrected chi connectivity index (χ3v) is 5.84. The fraction of sp³-hybridized carbons (Fsp3) is 0.423. The highest BCUT2D eigenvalue weighted by molar-refractivity contribution is 5.44. The van der Waals surface area contributed by atoms with Gasteiger partial charge in [0.25, 0.3) is 0 Å². The molecular formula is C26H33N3O4. The number of ether oxygens (including phenoxy) is 3. The number of benzene rings is 2. The van der Waals surface area contributed by atoms with E-state index < -0.39 is 6.10 Å². The molecule has 1 heterocycles. The first-order chi connectivity index (χ1) is 16.1. The van der Waals surface area contributed by atoms with E-state index in [9.17, 15) is 5.11 Å². The van der Waals surface area contributed by atoms with Crippen molar-refractivity contribution in [2.45, 2.75) is 32.4 Å². The molecule has 3 aromatic rings. The van der Waals surface area contributed by atoms with Crippen LogP contribution in [-0.4, -0.2) is 59.8 Å². The monoisotopic (exact) mass is 451 g/mol. The van der Waals surface area contributed by atoms with Gasteiger partial charge in [-0.1, -0.05) is 18.2 Å². The Balaban J connectivity index is 1.66. The van der Waals surface area contributed by atoms with Gasteiger partial charge in [-0.05, 0) is 62.1 Å². The van der Waals surface area contributed by atoms with Crippen LogP contribution in [0.2, 0.25) is 0 Å². The summed E-state index contributed by atoms with van der Waals surface area (Å²) in [6, 6.07) is 17.5. The molecule has 1 aliphatic carbocycles. The normalized spacial score (nSPS) is 14.5. The van der Waals surface area contributed by atoms with E-state index in [1.54, 1.807) is 14.2 Å². The first-order valence-corrected chi connectivity index (χ1v) is 11.4. The average Bonchev–Trinajstić information content (AvgIpc) is 3.59. The largest absolute Gasteiger partial charge is 0.497 e. The number of aryl methyl sites for hydroxylation is 1. The van der Waals surface area contributed by atoms with Crippen molar-refractivity contribution >= 4 is 0 Å². The van der Waals surface area contributed by atoms with Gasteiger partial charge >= 0.3 is 0 Å². The van der Waals surface area contributed by atoms with Crippen LogP contribution in [0, 0.1) is 12.8 Å². The van der Waals surface area contributed by atoms with E-state index in [0.717, 1.165) is 29.2 Å². The first-order valence-electron chi connectivity index (χ1n) is 11.4. The van der Waals surface area contributed by atoms with Crippen LogP contribution >= 0.6 is 0 Å². The Morgan fingerprint density at radius 3 is 2.39 bits per heavy atom. The second-order valence-corrected chi connectivity index (χ2v) is 8.64. The number of hydrogen-bond donors (Lipinski definition) is 1. The lowest BCUT2D eigenvalue weighted by Crippen LogP contribution is -2.36. The molecule has 0 spiro atoms.